The topological polar surface area (TPSA) is 18.5 Å². The van der Waals surface area contributed by atoms with Crippen LogP contribution in [0.5, 0.6) is 0 Å². The van der Waals surface area contributed by atoms with E-state index in [0.717, 1.165) is 12.0 Å². The highest BCUT2D eigenvalue weighted by molar-refractivity contribution is 5.26. The Bertz CT molecular complexity index is 543. The molecule has 0 N–H and O–H groups in total. The van der Waals surface area contributed by atoms with Crippen LogP contribution in [0.2, 0.25) is 0 Å². The van der Waals surface area contributed by atoms with Crippen molar-refractivity contribution in [2.24, 2.45) is 11.8 Å². The minimum absolute atomic E-state index is 0.279. The number of rotatable bonds is 14. The van der Waals surface area contributed by atoms with Crippen LogP contribution < -0.4 is 0 Å². The Morgan fingerprint density at radius 1 is 0.815 bits per heavy atom. The largest absolute Gasteiger partial charge is 0.346 e. The van der Waals surface area contributed by atoms with Crippen LogP contribution in [0.25, 0.3) is 0 Å². The van der Waals surface area contributed by atoms with Gasteiger partial charge >= 0.3 is 0 Å². The molecule has 0 fully saturated rings. The SMILES string of the molecule is CCCCCCCCC(C1C=CC=C1)C(OCC)(OCC)c1ccccc1. The highest BCUT2D eigenvalue weighted by Gasteiger charge is 2.45. The van der Waals surface area contributed by atoms with Crippen LogP contribution in [0.1, 0.15) is 71.3 Å². The fourth-order valence-corrected chi connectivity index (χ4v) is 4.23. The van der Waals surface area contributed by atoms with Crippen molar-refractivity contribution < 1.29 is 9.47 Å². The lowest BCUT2D eigenvalue weighted by atomic mass is 9.78. The van der Waals surface area contributed by atoms with Gasteiger partial charge in [0.25, 0.3) is 0 Å². The molecule has 150 valence electrons. The van der Waals surface area contributed by atoms with Crippen molar-refractivity contribution in [3.63, 3.8) is 0 Å². The Hall–Kier alpha value is -1.38. The number of benzene rings is 1. The molecule has 1 aromatic rings. The molecular weight excluding hydrogens is 332 g/mol. The molecule has 2 heteroatoms. The van der Waals surface area contributed by atoms with Gasteiger partial charge in [0, 0.05) is 30.6 Å². The molecule has 0 radical (unpaired) electrons. The molecule has 0 amide bonds. The molecule has 0 aromatic heterocycles. The molecule has 0 saturated heterocycles. The van der Waals surface area contributed by atoms with Crippen LogP contribution in [-0.4, -0.2) is 13.2 Å². The van der Waals surface area contributed by atoms with Crippen molar-refractivity contribution >= 4 is 0 Å². The minimum Gasteiger partial charge on any atom is -0.346 e. The second-order valence-corrected chi connectivity index (χ2v) is 7.41. The van der Waals surface area contributed by atoms with Crippen LogP contribution in [0.15, 0.2) is 54.6 Å². The van der Waals surface area contributed by atoms with Gasteiger partial charge in [-0.1, -0.05) is 100 Å². The van der Waals surface area contributed by atoms with Gasteiger partial charge < -0.3 is 9.47 Å². The fourth-order valence-electron chi connectivity index (χ4n) is 4.23. The third-order valence-corrected chi connectivity index (χ3v) is 5.49. The van der Waals surface area contributed by atoms with E-state index < -0.39 is 5.79 Å². The molecule has 1 aliphatic carbocycles. The molecule has 2 nitrogen and oxygen atoms in total. The van der Waals surface area contributed by atoms with Crippen molar-refractivity contribution in [2.45, 2.75) is 71.5 Å². The van der Waals surface area contributed by atoms with E-state index in [1.54, 1.807) is 0 Å². The van der Waals surface area contributed by atoms with E-state index in [4.69, 9.17) is 9.47 Å². The van der Waals surface area contributed by atoms with Gasteiger partial charge in [-0.3, -0.25) is 0 Å². The average molecular weight is 371 g/mol. The second kappa shape index (κ2) is 12.2. The van der Waals surface area contributed by atoms with Crippen LogP contribution in [0, 0.1) is 11.8 Å². The zero-order valence-electron chi connectivity index (χ0n) is 17.5. The summed E-state index contributed by atoms with van der Waals surface area (Å²) in [5, 5.41) is 0. The van der Waals surface area contributed by atoms with E-state index >= 15 is 0 Å². The van der Waals surface area contributed by atoms with Gasteiger partial charge in [-0.2, -0.15) is 0 Å². The van der Waals surface area contributed by atoms with Gasteiger partial charge in [-0.25, -0.2) is 0 Å². The first-order chi connectivity index (χ1) is 13.3. The highest BCUT2D eigenvalue weighted by atomic mass is 16.7. The maximum absolute atomic E-state index is 6.44. The van der Waals surface area contributed by atoms with E-state index in [1.165, 1.54) is 38.5 Å². The Balaban J connectivity index is 2.23. The van der Waals surface area contributed by atoms with Crippen LogP contribution >= 0.6 is 0 Å². The number of unbranched alkanes of at least 4 members (excludes halogenated alkanes) is 5. The summed E-state index contributed by atoms with van der Waals surface area (Å²) in [5.41, 5.74) is 1.14. The monoisotopic (exact) mass is 370 g/mol. The lowest BCUT2D eigenvalue weighted by Gasteiger charge is -2.42. The summed E-state index contributed by atoms with van der Waals surface area (Å²) in [6.07, 6.45) is 17.9. The summed E-state index contributed by atoms with van der Waals surface area (Å²) in [6, 6.07) is 10.5. The molecule has 0 aliphatic heterocycles. The van der Waals surface area contributed by atoms with Gasteiger partial charge in [-0.05, 0) is 20.3 Å². The predicted molar refractivity (Wildman–Crippen MR) is 115 cm³/mol. The fraction of sp³-hybridized carbons (Fsp3) is 0.600. The van der Waals surface area contributed by atoms with Gasteiger partial charge in [-0.15, -0.1) is 0 Å². The van der Waals surface area contributed by atoms with E-state index in [9.17, 15) is 0 Å². The van der Waals surface area contributed by atoms with E-state index in [2.05, 4.69) is 75.4 Å². The van der Waals surface area contributed by atoms with Crippen molar-refractivity contribution in [1.29, 1.82) is 0 Å². The Labute approximate surface area is 166 Å². The van der Waals surface area contributed by atoms with E-state index in [1.807, 2.05) is 0 Å². The number of ether oxygens (including phenoxy) is 2. The van der Waals surface area contributed by atoms with Gasteiger partial charge in [0.2, 0.25) is 0 Å². The Morgan fingerprint density at radius 2 is 1.41 bits per heavy atom. The molecule has 1 unspecified atom stereocenters. The second-order valence-electron chi connectivity index (χ2n) is 7.41. The molecule has 0 heterocycles. The van der Waals surface area contributed by atoms with Crippen molar-refractivity contribution in [3.8, 4) is 0 Å². The lowest BCUT2D eigenvalue weighted by Crippen LogP contribution is -2.44. The maximum atomic E-state index is 6.44. The van der Waals surface area contributed by atoms with E-state index in [0.29, 0.717) is 19.1 Å². The Kier molecular flexibility index (Phi) is 9.86. The van der Waals surface area contributed by atoms with Crippen molar-refractivity contribution in [1.82, 2.24) is 0 Å². The molecular formula is C25H38O2. The number of hydrogen-bond acceptors (Lipinski definition) is 2. The third-order valence-electron chi connectivity index (χ3n) is 5.49. The summed E-state index contributed by atoms with van der Waals surface area (Å²) in [7, 11) is 0. The molecule has 1 aromatic carbocycles. The third kappa shape index (κ3) is 6.05. The van der Waals surface area contributed by atoms with Crippen molar-refractivity contribution in [3.05, 3.63) is 60.2 Å². The Morgan fingerprint density at radius 3 is 2.00 bits per heavy atom. The normalized spacial score (nSPS) is 15.5. The van der Waals surface area contributed by atoms with Gasteiger partial charge in [0.1, 0.15) is 0 Å². The molecule has 0 spiro atoms. The molecule has 1 atom stereocenters. The van der Waals surface area contributed by atoms with Crippen molar-refractivity contribution in [2.75, 3.05) is 13.2 Å². The summed E-state index contributed by atoms with van der Waals surface area (Å²) < 4.78 is 12.9. The van der Waals surface area contributed by atoms with Gasteiger partial charge in [0.05, 0.1) is 0 Å². The average Bonchev–Trinajstić information content (AvgIpc) is 3.22. The molecule has 1 aliphatic rings. The zero-order chi connectivity index (χ0) is 19.4. The number of allylic oxidation sites excluding steroid dienone is 4. The summed E-state index contributed by atoms with van der Waals surface area (Å²) >= 11 is 0. The quantitative estimate of drug-likeness (QED) is 0.259. The first-order valence-corrected chi connectivity index (χ1v) is 11.0. The molecule has 0 bridgehead atoms. The first-order valence-electron chi connectivity index (χ1n) is 11.0. The maximum Gasteiger partial charge on any atom is 0.198 e. The zero-order valence-corrected chi connectivity index (χ0v) is 17.5. The standard InChI is InChI=1S/C25H38O2/c1-4-7-8-9-10-14-21-24(22-17-15-16-18-22)25(26-5-2,27-6-3)23-19-12-11-13-20-23/h11-13,15-20,22,24H,4-10,14,21H2,1-3H3. The summed E-state index contributed by atoms with van der Waals surface area (Å²) in [5.74, 6) is -0.0439. The predicted octanol–water partition coefficient (Wildman–Crippen LogP) is 7.02. The minimum atomic E-state index is -0.683. The van der Waals surface area contributed by atoms with Gasteiger partial charge in [0.15, 0.2) is 5.79 Å². The smallest absolute Gasteiger partial charge is 0.198 e. The summed E-state index contributed by atoms with van der Waals surface area (Å²) in [6.45, 7) is 7.69. The molecule has 2 rings (SSSR count). The van der Waals surface area contributed by atoms with E-state index in [-0.39, 0.29) is 5.92 Å². The lowest BCUT2D eigenvalue weighted by molar-refractivity contribution is -0.279. The number of hydrogen-bond donors (Lipinski definition) is 0. The summed E-state index contributed by atoms with van der Waals surface area (Å²) in [4.78, 5) is 0. The molecule has 27 heavy (non-hydrogen) atoms. The van der Waals surface area contributed by atoms with Crippen LogP contribution in [-0.2, 0) is 15.3 Å². The first kappa shape index (κ1) is 21.9. The van der Waals surface area contributed by atoms with Crippen LogP contribution in [0.3, 0.4) is 0 Å². The highest BCUT2D eigenvalue weighted by Crippen LogP contribution is 2.44. The van der Waals surface area contributed by atoms with Crippen LogP contribution in [0.4, 0.5) is 0 Å². The molecule has 0 saturated carbocycles.